The molecule has 0 aliphatic carbocycles. The SMILES string of the molecule is Brc1ccc2oc3ccc(-c4ccc(-n5c6ccccc6c6ccccc65)cc4)cc3c2c1.CC1(C)OB(c2cc(-c3nc4ccccc4o3)cc(-c3nc4ccccc4o3)c2)OC1(C)C.c1ccc2oc(-c3cc(-c4ccc5oc6ccc(-c7ccc(-n8c9ccccc9c9ccccc98)cc7)cc6c5c4)cc(-c4nc5ccccc5o4)c3)nc2c1. The Morgan fingerprint density at radius 2 is 0.516 bits per heavy atom. The van der Waals surface area contributed by atoms with Crippen LogP contribution in [0.4, 0.5) is 0 Å². The van der Waals surface area contributed by atoms with E-state index in [0.717, 1.165) is 154 Å². The number of hydrogen-bond donors (Lipinski definition) is 0. The maximum absolute atomic E-state index is 6.38. The molecular formula is C106H70BBrN6O8. The zero-order valence-corrected chi connectivity index (χ0v) is 68.0. The van der Waals surface area contributed by atoms with Gasteiger partial charge in [-0.2, -0.15) is 0 Å². The quantitative estimate of drug-likeness (QED) is 0.119. The Balaban J connectivity index is 0.000000113. The summed E-state index contributed by atoms with van der Waals surface area (Å²) in [6, 6.07) is 121. The van der Waals surface area contributed by atoms with Gasteiger partial charge in [-0.15, -0.1) is 0 Å². The van der Waals surface area contributed by atoms with Gasteiger partial charge in [-0.25, -0.2) is 19.9 Å². The summed E-state index contributed by atoms with van der Waals surface area (Å²) in [5, 5.41) is 9.42. The molecule has 122 heavy (non-hydrogen) atoms. The minimum Gasteiger partial charge on any atom is -0.456 e. The molecule has 1 saturated heterocycles. The van der Waals surface area contributed by atoms with Crippen molar-refractivity contribution >= 4 is 160 Å². The molecule has 0 amide bonds. The predicted molar refractivity (Wildman–Crippen MR) is 494 cm³/mol. The molecular weight excluding hydrogens is 1580 g/mol. The summed E-state index contributed by atoms with van der Waals surface area (Å²) in [7, 11) is -0.539. The highest BCUT2D eigenvalue weighted by atomic mass is 79.9. The lowest BCUT2D eigenvalue weighted by molar-refractivity contribution is 0.00578. The number of nitrogens with zero attached hydrogens (tertiary/aromatic N) is 6. The summed E-state index contributed by atoms with van der Waals surface area (Å²) in [5.74, 6) is 2.11. The summed E-state index contributed by atoms with van der Waals surface area (Å²) in [6.45, 7) is 8.16. The van der Waals surface area contributed by atoms with E-state index < -0.39 is 18.3 Å². The molecule has 25 rings (SSSR count). The number of halogens is 1. The second-order valence-corrected chi connectivity index (χ2v) is 32.9. The fourth-order valence-corrected chi connectivity index (χ4v) is 17.5. The zero-order valence-electron chi connectivity index (χ0n) is 66.4. The standard InChI is InChI=1S/C50H29N3O3.C30H18BrNO.C26H23BN2O4/c1-5-13-43-37(9-1)38-10-2-6-14-44(38)53(43)36-21-17-30(18-22-36)31-19-23-45-39(28-31)40-29-32(20-24-46(40)54-45)33-25-34(49-51-41-11-3-7-15-47(41)55-49)27-35(26-33)50-52-42-12-4-8-16-48(42)56-50;31-21-12-16-30-26(18-21)25-17-20(11-15-29(25)33-30)19-9-13-22(14-10-19)32-27-7-3-1-5-23(27)24-6-2-4-8-28(24)32;1-25(2)26(3,4)33-27(32-25)18-14-16(23-28-19-9-5-7-11-21(19)30-23)13-17(15-18)24-29-20-10-6-8-12-22(20)31-24/h1-29H;1-18H;5-15H,1-4H3. The van der Waals surface area contributed by atoms with Crippen molar-refractivity contribution in [3.63, 3.8) is 0 Å². The van der Waals surface area contributed by atoms with Gasteiger partial charge < -0.3 is 44.9 Å². The number of furan rings is 2. The van der Waals surface area contributed by atoms with Crippen LogP contribution >= 0.6 is 15.9 Å². The molecule has 0 N–H and O–H groups in total. The average molecular weight is 1650 g/mol. The maximum Gasteiger partial charge on any atom is 0.494 e. The van der Waals surface area contributed by atoms with Crippen molar-refractivity contribution in [3.05, 3.63) is 356 Å². The smallest absolute Gasteiger partial charge is 0.456 e. The van der Waals surface area contributed by atoms with E-state index in [0.29, 0.717) is 23.6 Å². The topological polar surface area (TPSA) is 159 Å². The van der Waals surface area contributed by atoms with Crippen molar-refractivity contribution in [2.24, 2.45) is 0 Å². The van der Waals surface area contributed by atoms with Crippen molar-refractivity contribution in [2.45, 2.75) is 38.9 Å². The summed E-state index contributed by atoms with van der Waals surface area (Å²) in [6.07, 6.45) is 0. The number of aromatic nitrogens is 6. The van der Waals surface area contributed by atoms with Crippen LogP contribution in [0.3, 0.4) is 0 Å². The van der Waals surface area contributed by atoms with Gasteiger partial charge in [0.25, 0.3) is 0 Å². The van der Waals surface area contributed by atoms with Crippen LogP contribution in [0.5, 0.6) is 0 Å². The van der Waals surface area contributed by atoms with Gasteiger partial charge in [0.1, 0.15) is 44.4 Å². The van der Waals surface area contributed by atoms with Crippen molar-refractivity contribution in [1.29, 1.82) is 0 Å². The van der Waals surface area contributed by atoms with Crippen LogP contribution in [0.2, 0.25) is 0 Å². The Hall–Kier alpha value is -14.9. The van der Waals surface area contributed by atoms with E-state index in [9.17, 15) is 0 Å². The minimum atomic E-state index is -0.539. The Morgan fingerprint density at radius 3 is 0.861 bits per heavy atom. The van der Waals surface area contributed by atoms with E-state index in [1.807, 2.05) is 161 Å². The maximum atomic E-state index is 6.38. The lowest BCUT2D eigenvalue weighted by Crippen LogP contribution is -2.41. The average Bonchev–Trinajstić information content (AvgIpc) is 1.61. The van der Waals surface area contributed by atoms with Crippen LogP contribution in [-0.2, 0) is 9.31 Å². The first-order valence-corrected chi connectivity index (χ1v) is 41.4. The number of rotatable bonds is 10. The number of benzene rings is 16. The second kappa shape index (κ2) is 28.7. The Labute approximate surface area is 706 Å². The first-order chi connectivity index (χ1) is 59.7. The Kier molecular flexibility index (Phi) is 17.0. The molecule has 16 heteroatoms. The number of para-hydroxylation sites is 12. The minimum absolute atomic E-state index is 0.455. The third kappa shape index (κ3) is 12.6. The second-order valence-electron chi connectivity index (χ2n) is 32.0. The van der Waals surface area contributed by atoms with Crippen molar-refractivity contribution < 1.29 is 35.8 Å². The van der Waals surface area contributed by atoms with E-state index in [2.05, 4.69) is 253 Å². The summed E-state index contributed by atoms with van der Waals surface area (Å²) >= 11 is 3.58. The van der Waals surface area contributed by atoms with Gasteiger partial charge in [0, 0.05) is 81.2 Å². The van der Waals surface area contributed by atoms with Gasteiger partial charge in [-0.05, 0) is 255 Å². The molecule has 1 aliphatic heterocycles. The fourth-order valence-electron chi connectivity index (χ4n) is 17.1. The summed E-state index contributed by atoms with van der Waals surface area (Å²) in [5.41, 5.74) is 26.6. The molecule has 0 spiro atoms. The van der Waals surface area contributed by atoms with Crippen molar-refractivity contribution in [3.8, 4) is 90.6 Å². The van der Waals surface area contributed by atoms with Gasteiger partial charge >= 0.3 is 7.12 Å². The molecule has 0 bridgehead atoms. The van der Waals surface area contributed by atoms with Crippen LogP contribution in [0, 0.1) is 0 Å². The van der Waals surface area contributed by atoms with Gasteiger partial charge in [0.05, 0.1) is 33.3 Å². The highest BCUT2D eigenvalue weighted by Crippen LogP contribution is 2.44. The van der Waals surface area contributed by atoms with Crippen LogP contribution in [0.25, 0.3) is 222 Å². The van der Waals surface area contributed by atoms with Crippen LogP contribution < -0.4 is 5.46 Å². The first kappa shape index (κ1) is 72.3. The van der Waals surface area contributed by atoms with Crippen molar-refractivity contribution in [2.75, 3.05) is 0 Å². The van der Waals surface area contributed by atoms with Crippen LogP contribution in [0.15, 0.2) is 383 Å². The molecule has 0 atom stereocenters. The number of oxazole rings is 4. The number of fused-ring (bicyclic) bond motifs is 16. The normalized spacial score (nSPS) is 13.3. The molecule has 24 aromatic rings. The van der Waals surface area contributed by atoms with Gasteiger partial charge in [-0.1, -0.05) is 180 Å². The van der Waals surface area contributed by atoms with E-state index in [4.69, 9.17) is 45.8 Å². The molecule has 0 saturated carbocycles. The van der Waals surface area contributed by atoms with Crippen LogP contribution in [-0.4, -0.2) is 47.4 Å². The third-order valence-electron chi connectivity index (χ3n) is 23.9. The Morgan fingerprint density at radius 1 is 0.238 bits per heavy atom. The largest absolute Gasteiger partial charge is 0.494 e. The molecule has 14 nitrogen and oxygen atoms in total. The van der Waals surface area contributed by atoms with E-state index in [1.165, 1.54) is 54.7 Å². The highest BCUT2D eigenvalue weighted by molar-refractivity contribution is 9.10. The molecule has 582 valence electrons. The number of hydrogen-bond acceptors (Lipinski definition) is 12. The first-order valence-electron chi connectivity index (χ1n) is 40.6. The van der Waals surface area contributed by atoms with E-state index >= 15 is 0 Å². The van der Waals surface area contributed by atoms with Crippen molar-refractivity contribution in [1.82, 2.24) is 29.1 Å². The molecule has 0 unspecified atom stereocenters. The molecule has 9 heterocycles. The fraction of sp³-hybridized carbons (Fsp3) is 0.0566. The lowest BCUT2D eigenvalue weighted by atomic mass is 9.77. The van der Waals surface area contributed by atoms with Gasteiger partial charge in [0.2, 0.25) is 23.6 Å². The van der Waals surface area contributed by atoms with E-state index in [-0.39, 0.29) is 0 Å². The lowest BCUT2D eigenvalue weighted by Gasteiger charge is -2.32. The summed E-state index contributed by atoms with van der Waals surface area (Å²) < 4.78 is 55.4. The van der Waals surface area contributed by atoms with Gasteiger partial charge in [0.15, 0.2) is 22.3 Å². The highest BCUT2D eigenvalue weighted by Gasteiger charge is 2.52. The van der Waals surface area contributed by atoms with Gasteiger partial charge in [-0.3, -0.25) is 0 Å². The van der Waals surface area contributed by atoms with Crippen LogP contribution in [0.1, 0.15) is 27.7 Å². The summed E-state index contributed by atoms with van der Waals surface area (Å²) in [4.78, 5) is 19.0. The predicted octanol–water partition coefficient (Wildman–Crippen LogP) is 28.3. The van der Waals surface area contributed by atoms with E-state index in [1.54, 1.807) is 0 Å². The molecule has 8 aromatic heterocycles. The molecule has 16 aromatic carbocycles. The zero-order chi connectivity index (χ0) is 81.5. The Bertz CT molecular complexity index is 7840. The molecule has 0 radical (unpaired) electrons. The molecule has 1 fully saturated rings. The monoisotopic (exact) mass is 1640 g/mol. The molecule has 1 aliphatic rings. The third-order valence-corrected chi connectivity index (χ3v) is 24.4.